The molecule has 0 fully saturated rings. The predicted molar refractivity (Wildman–Crippen MR) is 275 cm³/mol. The minimum Gasteiger partial charge on any atom is -0.494 e. The van der Waals surface area contributed by atoms with Crippen molar-refractivity contribution < 1.29 is 14.2 Å². The molecule has 0 spiro atoms. The summed E-state index contributed by atoms with van der Waals surface area (Å²) >= 11 is 0. The summed E-state index contributed by atoms with van der Waals surface area (Å²) in [5.41, 5.74) is 10.7. The Morgan fingerprint density at radius 1 is 0.281 bits per heavy atom. The Balaban J connectivity index is 1.14. The van der Waals surface area contributed by atoms with Crippen molar-refractivity contribution >= 4 is 36.5 Å². The minimum atomic E-state index is 0.0765. The number of ether oxygens (including phenoxy) is 3. The number of hydrogen-bond donors (Lipinski definition) is 0. The summed E-state index contributed by atoms with van der Waals surface area (Å²) in [5.74, 6) is 2.88. The van der Waals surface area contributed by atoms with Crippen LogP contribution < -0.4 is 14.2 Å². The Hall–Kier alpha value is -6.06. The smallest absolute Gasteiger partial charge is 0.119 e. The van der Waals surface area contributed by atoms with E-state index < -0.39 is 0 Å². The second-order valence-corrected chi connectivity index (χ2v) is 16.9. The second-order valence-electron chi connectivity index (χ2n) is 16.9. The van der Waals surface area contributed by atoms with E-state index in [4.69, 9.17) is 14.2 Å². The first-order valence-corrected chi connectivity index (χ1v) is 24.1. The minimum absolute atomic E-state index is 0.0765. The molecule has 0 saturated heterocycles. The summed E-state index contributed by atoms with van der Waals surface area (Å²) < 4.78 is 17.9. The van der Waals surface area contributed by atoms with E-state index in [1.54, 1.807) is 0 Å². The van der Waals surface area contributed by atoms with Gasteiger partial charge in [0, 0.05) is 5.92 Å². The van der Waals surface area contributed by atoms with Crippen molar-refractivity contribution in [1.82, 2.24) is 0 Å². The Kier molecular flexibility index (Phi) is 20.2. The zero-order valence-corrected chi connectivity index (χ0v) is 38.7. The van der Waals surface area contributed by atoms with E-state index in [9.17, 15) is 0 Å². The summed E-state index contributed by atoms with van der Waals surface area (Å²) in [5, 5.41) is 0. The molecule has 0 N–H and O–H groups in total. The molecule has 0 saturated carbocycles. The number of hydrogen-bond acceptors (Lipinski definition) is 3. The summed E-state index contributed by atoms with van der Waals surface area (Å²) in [6.07, 6.45) is 27.6. The van der Waals surface area contributed by atoms with E-state index in [1.165, 1.54) is 74.5 Å². The molecule has 0 unspecified atom stereocenters. The van der Waals surface area contributed by atoms with Gasteiger partial charge >= 0.3 is 0 Å². The highest BCUT2D eigenvalue weighted by molar-refractivity contribution is 5.72. The van der Waals surface area contributed by atoms with Crippen LogP contribution in [0.3, 0.4) is 0 Å². The van der Waals surface area contributed by atoms with Crippen molar-refractivity contribution in [2.24, 2.45) is 0 Å². The fraction of sp³-hybridized carbons (Fsp3) is 0.311. The van der Waals surface area contributed by atoms with Gasteiger partial charge in [-0.3, -0.25) is 0 Å². The molecular formula is C61H70O3. The quantitative estimate of drug-likeness (QED) is 0.0294. The SMILES string of the molecule is CCCCCCOc1ccc(/C=C/c2ccc(C(c3ccc(/C=C/c4ccc(OCCCCCC)cc4)cc3)c3ccc(/C=C/c4ccc(OCCCCCC)cc4)cc3)cc2)cc1. The highest BCUT2D eigenvalue weighted by Crippen LogP contribution is 2.33. The summed E-state index contributed by atoms with van der Waals surface area (Å²) in [7, 11) is 0. The van der Waals surface area contributed by atoms with Crippen molar-refractivity contribution in [2.75, 3.05) is 19.8 Å². The maximum Gasteiger partial charge on any atom is 0.119 e. The lowest BCUT2D eigenvalue weighted by Crippen LogP contribution is -2.03. The number of benzene rings is 6. The highest BCUT2D eigenvalue weighted by atomic mass is 16.5. The Labute approximate surface area is 385 Å². The highest BCUT2D eigenvalue weighted by Gasteiger charge is 2.17. The van der Waals surface area contributed by atoms with Crippen LogP contribution in [0.5, 0.6) is 17.2 Å². The van der Waals surface area contributed by atoms with Crippen LogP contribution in [0.4, 0.5) is 0 Å². The van der Waals surface area contributed by atoms with Crippen LogP contribution in [0, 0.1) is 0 Å². The lowest BCUT2D eigenvalue weighted by atomic mass is 9.84. The van der Waals surface area contributed by atoms with Crippen LogP contribution in [-0.2, 0) is 0 Å². The first kappa shape index (κ1) is 47.4. The van der Waals surface area contributed by atoms with Gasteiger partial charge in [-0.2, -0.15) is 0 Å². The topological polar surface area (TPSA) is 27.7 Å². The van der Waals surface area contributed by atoms with E-state index in [-0.39, 0.29) is 5.92 Å². The summed E-state index contributed by atoms with van der Waals surface area (Å²) in [6.45, 7) is 9.04. The van der Waals surface area contributed by atoms with Crippen molar-refractivity contribution in [1.29, 1.82) is 0 Å². The zero-order valence-electron chi connectivity index (χ0n) is 38.7. The van der Waals surface area contributed by atoms with Crippen molar-refractivity contribution in [3.63, 3.8) is 0 Å². The average Bonchev–Trinajstić information content (AvgIpc) is 3.34. The van der Waals surface area contributed by atoms with E-state index in [0.29, 0.717) is 0 Å². The molecule has 64 heavy (non-hydrogen) atoms. The largest absolute Gasteiger partial charge is 0.494 e. The Bertz CT molecular complexity index is 2000. The van der Waals surface area contributed by atoms with E-state index >= 15 is 0 Å². The zero-order chi connectivity index (χ0) is 44.4. The van der Waals surface area contributed by atoms with Gasteiger partial charge in [-0.25, -0.2) is 0 Å². The molecule has 3 nitrogen and oxygen atoms in total. The van der Waals surface area contributed by atoms with Crippen LogP contribution in [0.15, 0.2) is 146 Å². The molecule has 0 aliphatic heterocycles. The van der Waals surface area contributed by atoms with Crippen molar-refractivity contribution in [2.45, 2.75) is 104 Å². The fourth-order valence-electron chi connectivity index (χ4n) is 7.74. The van der Waals surface area contributed by atoms with E-state index in [0.717, 1.165) is 89.7 Å². The molecule has 0 radical (unpaired) electrons. The molecule has 0 bridgehead atoms. The lowest BCUT2D eigenvalue weighted by molar-refractivity contribution is 0.305. The predicted octanol–water partition coefficient (Wildman–Crippen LogP) is 17.3. The molecule has 332 valence electrons. The monoisotopic (exact) mass is 851 g/mol. The van der Waals surface area contributed by atoms with Crippen LogP contribution in [0.2, 0.25) is 0 Å². The molecule has 0 heterocycles. The third-order valence-electron chi connectivity index (χ3n) is 11.7. The average molecular weight is 851 g/mol. The van der Waals surface area contributed by atoms with Crippen molar-refractivity contribution in [3.05, 3.63) is 196 Å². The van der Waals surface area contributed by atoms with Crippen LogP contribution in [-0.4, -0.2) is 19.8 Å². The van der Waals surface area contributed by atoms with Gasteiger partial charge in [0.1, 0.15) is 17.2 Å². The Morgan fingerprint density at radius 2 is 0.500 bits per heavy atom. The molecule has 0 aromatic heterocycles. The molecule has 6 aromatic rings. The first-order chi connectivity index (χ1) is 31.6. The molecule has 6 rings (SSSR count). The first-order valence-electron chi connectivity index (χ1n) is 24.1. The van der Waals surface area contributed by atoms with Crippen LogP contribution in [0.25, 0.3) is 36.5 Å². The Morgan fingerprint density at radius 3 is 0.719 bits per heavy atom. The van der Waals surface area contributed by atoms with E-state index in [2.05, 4.69) is 203 Å². The van der Waals surface area contributed by atoms with Crippen molar-refractivity contribution in [3.8, 4) is 17.2 Å². The van der Waals surface area contributed by atoms with E-state index in [1.807, 2.05) is 0 Å². The molecule has 0 aliphatic rings. The van der Waals surface area contributed by atoms with Gasteiger partial charge in [0.15, 0.2) is 0 Å². The number of rotatable bonds is 27. The number of unbranched alkanes of at least 4 members (excludes halogenated alkanes) is 9. The van der Waals surface area contributed by atoms with Gasteiger partial charge < -0.3 is 14.2 Å². The van der Waals surface area contributed by atoms with Gasteiger partial charge in [-0.05, 0) is 106 Å². The molecule has 0 amide bonds. The van der Waals surface area contributed by atoms with Gasteiger partial charge in [0.05, 0.1) is 19.8 Å². The molecule has 0 atom stereocenters. The van der Waals surface area contributed by atoms with Gasteiger partial charge in [-0.1, -0.05) is 224 Å². The third-order valence-corrected chi connectivity index (χ3v) is 11.7. The maximum absolute atomic E-state index is 5.96. The normalized spacial score (nSPS) is 11.6. The maximum atomic E-state index is 5.96. The van der Waals surface area contributed by atoms with Gasteiger partial charge in [0.25, 0.3) is 0 Å². The third kappa shape index (κ3) is 16.2. The molecule has 6 aromatic carbocycles. The molecule has 0 aliphatic carbocycles. The van der Waals surface area contributed by atoms with Gasteiger partial charge in [-0.15, -0.1) is 0 Å². The summed E-state index contributed by atoms with van der Waals surface area (Å²) in [4.78, 5) is 0. The lowest BCUT2D eigenvalue weighted by Gasteiger charge is -2.20. The van der Waals surface area contributed by atoms with Crippen LogP contribution >= 0.6 is 0 Å². The van der Waals surface area contributed by atoms with Crippen LogP contribution in [0.1, 0.15) is 154 Å². The second kappa shape index (κ2) is 27.2. The molecular weight excluding hydrogens is 781 g/mol. The fourth-order valence-corrected chi connectivity index (χ4v) is 7.74. The summed E-state index contributed by atoms with van der Waals surface area (Å²) in [6, 6.07) is 52.2. The standard InChI is InChI=1S/C61H70O3/c1-4-7-10-13-46-62-58-40-28-52(29-41-58)19-16-49-22-34-55(35-23-49)61(56-36-24-50(25-37-56)17-20-53-30-42-59(43-31-53)63-47-14-11-8-5-2)57-38-26-51(27-39-57)18-21-54-32-44-60(45-33-54)64-48-15-12-9-6-3/h16-45,61H,4-15,46-48H2,1-3H3/b19-16+,20-17+,21-18+. The molecule has 3 heteroatoms. The van der Waals surface area contributed by atoms with Gasteiger partial charge in [0.2, 0.25) is 0 Å².